The summed E-state index contributed by atoms with van der Waals surface area (Å²) in [7, 11) is -3.61. The first-order chi connectivity index (χ1) is 10.5. The van der Waals surface area contributed by atoms with Crippen LogP contribution < -0.4 is 9.62 Å². The van der Waals surface area contributed by atoms with E-state index in [1.807, 2.05) is 4.90 Å². The number of para-hydroxylation sites is 1. The number of hydrogen-bond donors (Lipinski definition) is 2. The number of anilines is 1. The Morgan fingerprint density at radius 3 is 2.59 bits per heavy atom. The summed E-state index contributed by atoms with van der Waals surface area (Å²) in [6.45, 7) is 4.73. The summed E-state index contributed by atoms with van der Waals surface area (Å²) in [4.78, 5) is 13.2. The van der Waals surface area contributed by atoms with Crippen LogP contribution in [0.4, 0.5) is 5.69 Å². The van der Waals surface area contributed by atoms with Crippen LogP contribution in [0.3, 0.4) is 0 Å². The highest BCUT2D eigenvalue weighted by Gasteiger charge is 2.27. The summed E-state index contributed by atoms with van der Waals surface area (Å²) in [6.07, 6.45) is 2.52. The number of benzene rings is 1. The average molecular weight is 324 g/mol. The zero-order chi connectivity index (χ0) is 16.2. The van der Waals surface area contributed by atoms with E-state index in [-0.39, 0.29) is 17.4 Å². The van der Waals surface area contributed by atoms with Crippen LogP contribution in [0.25, 0.3) is 0 Å². The quantitative estimate of drug-likeness (QED) is 0.774. The molecule has 1 aromatic rings. The van der Waals surface area contributed by atoms with E-state index in [4.69, 9.17) is 5.11 Å². The molecule has 2 rings (SSSR count). The van der Waals surface area contributed by atoms with Gasteiger partial charge in [-0.3, -0.25) is 4.79 Å². The number of aliphatic carboxylic acids is 1. The van der Waals surface area contributed by atoms with Gasteiger partial charge < -0.3 is 10.0 Å². The highest BCUT2D eigenvalue weighted by molar-refractivity contribution is 7.89. The lowest BCUT2D eigenvalue weighted by Crippen LogP contribution is -2.37. The molecule has 1 aromatic carbocycles. The monoisotopic (exact) mass is 324 g/mol. The van der Waals surface area contributed by atoms with Gasteiger partial charge >= 0.3 is 5.97 Å². The molecule has 0 aliphatic carbocycles. The van der Waals surface area contributed by atoms with Gasteiger partial charge in [0.1, 0.15) is 4.90 Å². The molecular formula is C15H20N2O4S. The SMILES string of the molecule is C=CCNS(=O)(=O)c1ccccc1N1CCC(C(=O)O)CC1. The Morgan fingerprint density at radius 1 is 1.36 bits per heavy atom. The second-order valence-electron chi connectivity index (χ2n) is 5.21. The van der Waals surface area contributed by atoms with Gasteiger partial charge in [0.2, 0.25) is 10.0 Å². The smallest absolute Gasteiger partial charge is 0.306 e. The van der Waals surface area contributed by atoms with Crippen molar-refractivity contribution in [1.29, 1.82) is 0 Å². The molecule has 0 saturated carbocycles. The normalized spacial score (nSPS) is 16.5. The second kappa shape index (κ2) is 6.93. The summed E-state index contributed by atoms with van der Waals surface area (Å²) in [5, 5.41) is 9.04. The van der Waals surface area contributed by atoms with Gasteiger partial charge in [0.25, 0.3) is 0 Å². The third-order valence-corrected chi connectivity index (χ3v) is 5.23. The van der Waals surface area contributed by atoms with Crippen LogP contribution in [0.5, 0.6) is 0 Å². The molecule has 2 N–H and O–H groups in total. The van der Waals surface area contributed by atoms with E-state index in [2.05, 4.69) is 11.3 Å². The predicted molar refractivity (Wildman–Crippen MR) is 84.4 cm³/mol. The average Bonchev–Trinajstić information content (AvgIpc) is 2.53. The molecule has 1 heterocycles. The molecule has 120 valence electrons. The third-order valence-electron chi connectivity index (χ3n) is 3.76. The van der Waals surface area contributed by atoms with Gasteiger partial charge in [0.15, 0.2) is 0 Å². The first-order valence-corrected chi connectivity index (χ1v) is 8.61. The lowest BCUT2D eigenvalue weighted by atomic mass is 9.97. The minimum atomic E-state index is -3.61. The van der Waals surface area contributed by atoms with Crippen molar-refractivity contribution in [3.8, 4) is 0 Å². The minimum absolute atomic E-state index is 0.164. The van der Waals surface area contributed by atoms with Crippen molar-refractivity contribution in [2.45, 2.75) is 17.7 Å². The number of carboxylic acids is 1. The standard InChI is InChI=1S/C15H20N2O4S/c1-2-9-16-22(20,21)14-6-4-3-5-13(14)17-10-7-12(8-11-17)15(18)19/h2-6,12,16H,1,7-11H2,(H,18,19). The number of nitrogens with zero attached hydrogens (tertiary/aromatic N) is 1. The highest BCUT2D eigenvalue weighted by Crippen LogP contribution is 2.29. The van der Waals surface area contributed by atoms with E-state index in [1.54, 1.807) is 24.3 Å². The summed E-state index contributed by atoms with van der Waals surface area (Å²) >= 11 is 0. The van der Waals surface area contributed by atoms with Gasteiger partial charge in [-0.05, 0) is 25.0 Å². The predicted octanol–water partition coefficient (Wildman–Crippen LogP) is 1.45. The topological polar surface area (TPSA) is 86.7 Å². The maximum atomic E-state index is 12.3. The van der Waals surface area contributed by atoms with Crippen molar-refractivity contribution in [1.82, 2.24) is 4.72 Å². The zero-order valence-corrected chi connectivity index (χ0v) is 13.1. The van der Waals surface area contributed by atoms with Crippen LogP contribution in [0.2, 0.25) is 0 Å². The van der Waals surface area contributed by atoms with Crippen molar-refractivity contribution in [2.75, 3.05) is 24.5 Å². The Labute approximate surface area is 130 Å². The summed E-state index contributed by atoms with van der Waals surface area (Å²) < 4.78 is 27.2. The summed E-state index contributed by atoms with van der Waals surface area (Å²) in [6, 6.07) is 6.77. The molecule has 1 saturated heterocycles. The molecule has 7 heteroatoms. The van der Waals surface area contributed by atoms with Gasteiger partial charge in [0, 0.05) is 19.6 Å². The number of nitrogens with one attached hydrogen (secondary N) is 1. The molecule has 22 heavy (non-hydrogen) atoms. The van der Waals surface area contributed by atoms with Crippen molar-refractivity contribution < 1.29 is 18.3 Å². The molecule has 0 amide bonds. The Morgan fingerprint density at radius 2 is 2.00 bits per heavy atom. The maximum absolute atomic E-state index is 12.3. The first-order valence-electron chi connectivity index (χ1n) is 7.13. The second-order valence-corrected chi connectivity index (χ2v) is 6.94. The van der Waals surface area contributed by atoms with E-state index in [0.29, 0.717) is 31.6 Å². The lowest BCUT2D eigenvalue weighted by Gasteiger charge is -2.33. The van der Waals surface area contributed by atoms with Gasteiger partial charge in [-0.15, -0.1) is 6.58 Å². The van der Waals surface area contributed by atoms with Crippen LogP contribution in [-0.4, -0.2) is 39.1 Å². The molecule has 0 bridgehead atoms. The minimum Gasteiger partial charge on any atom is -0.481 e. The molecule has 0 radical (unpaired) electrons. The fourth-order valence-electron chi connectivity index (χ4n) is 2.56. The highest BCUT2D eigenvalue weighted by atomic mass is 32.2. The fraction of sp³-hybridized carbons (Fsp3) is 0.400. The molecule has 1 fully saturated rings. The third kappa shape index (κ3) is 3.66. The zero-order valence-electron chi connectivity index (χ0n) is 12.2. The molecule has 1 aliphatic heterocycles. The van der Waals surface area contributed by atoms with E-state index in [9.17, 15) is 13.2 Å². The van der Waals surface area contributed by atoms with E-state index in [0.717, 1.165) is 0 Å². The van der Waals surface area contributed by atoms with Crippen LogP contribution in [0, 0.1) is 5.92 Å². The molecule has 6 nitrogen and oxygen atoms in total. The Bertz CT molecular complexity index is 649. The Balaban J connectivity index is 2.23. The molecule has 0 aromatic heterocycles. The van der Waals surface area contributed by atoms with Gasteiger partial charge in [-0.25, -0.2) is 13.1 Å². The van der Waals surface area contributed by atoms with Crippen LogP contribution in [-0.2, 0) is 14.8 Å². The van der Waals surface area contributed by atoms with E-state index < -0.39 is 16.0 Å². The lowest BCUT2D eigenvalue weighted by molar-refractivity contribution is -0.142. The number of piperidine rings is 1. The van der Waals surface area contributed by atoms with Gasteiger partial charge in [-0.1, -0.05) is 18.2 Å². The van der Waals surface area contributed by atoms with Crippen molar-refractivity contribution in [3.05, 3.63) is 36.9 Å². The van der Waals surface area contributed by atoms with Gasteiger partial charge in [-0.2, -0.15) is 0 Å². The number of carboxylic acid groups (broad SMARTS) is 1. The molecular weight excluding hydrogens is 304 g/mol. The summed E-state index contributed by atoms with van der Waals surface area (Å²) in [5.41, 5.74) is 0.614. The molecule has 0 atom stereocenters. The fourth-order valence-corrected chi connectivity index (χ4v) is 3.78. The number of carbonyl (C=O) groups is 1. The van der Waals surface area contributed by atoms with E-state index in [1.165, 1.54) is 6.08 Å². The van der Waals surface area contributed by atoms with Gasteiger partial charge in [0.05, 0.1) is 11.6 Å². The van der Waals surface area contributed by atoms with Crippen molar-refractivity contribution in [3.63, 3.8) is 0 Å². The molecule has 0 unspecified atom stereocenters. The van der Waals surface area contributed by atoms with Crippen LogP contribution >= 0.6 is 0 Å². The van der Waals surface area contributed by atoms with Crippen molar-refractivity contribution in [2.24, 2.45) is 5.92 Å². The number of hydrogen-bond acceptors (Lipinski definition) is 4. The Kier molecular flexibility index (Phi) is 5.20. The molecule has 0 spiro atoms. The maximum Gasteiger partial charge on any atom is 0.306 e. The molecule has 1 aliphatic rings. The Hall–Kier alpha value is -1.86. The number of sulfonamides is 1. The van der Waals surface area contributed by atoms with Crippen LogP contribution in [0.1, 0.15) is 12.8 Å². The summed E-state index contributed by atoms with van der Waals surface area (Å²) in [5.74, 6) is -1.13. The van der Waals surface area contributed by atoms with Crippen molar-refractivity contribution >= 4 is 21.7 Å². The van der Waals surface area contributed by atoms with Crippen LogP contribution in [0.15, 0.2) is 41.8 Å². The number of rotatable bonds is 6. The first kappa shape index (κ1) is 16.5. The van der Waals surface area contributed by atoms with E-state index >= 15 is 0 Å². The largest absolute Gasteiger partial charge is 0.481 e.